The molecule has 3 amide bonds. The summed E-state index contributed by atoms with van der Waals surface area (Å²) in [6, 6.07) is 15.9. The number of anilines is 1. The van der Waals surface area contributed by atoms with E-state index in [-0.39, 0.29) is 43.5 Å². The second-order valence-corrected chi connectivity index (χ2v) is 10.9. The Kier molecular flexibility index (Phi) is 10.8. The number of amides is 3. The number of piperazine rings is 1. The molecule has 0 saturated carbocycles. The molecule has 13 heteroatoms. The molecule has 3 heterocycles. The van der Waals surface area contributed by atoms with Gasteiger partial charge in [0.1, 0.15) is 9.88 Å². The molecule has 5 rings (SSSR count). The Hall–Kier alpha value is -3.38. The zero-order valence-electron chi connectivity index (χ0n) is 22.8. The maximum Gasteiger partial charge on any atom is 0.275 e. The fraction of sp³-hybridized carbons (Fsp3) is 0.310. The summed E-state index contributed by atoms with van der Waals surface area (Å²) in [4.78, 5) is 47.8. The van der Waals surface area contributed by atoms with Gasteiger partial charge in [-0.2, -0.15) is 0 Å². The van der Waals surface area contributed by atoms with Crippen LogP contribution < -0.4 is 10.6 Å². The molecule has 0 radical (unpaired) electrons. The molecule has 0 unspecified atom stereocenters. The van der Waals surface area contributed by atoms with E-state index < -0.39 is 35.6 Å². The molecule has 2 aromatic carbocycles. The molecular weight excluding hydrogens is 607 g/mol. The molecule has 2 aliphatic heterocycles. The number of thiazole rings is 1. The quantitative estimate of drug-likeness (QED) is 0.410. The molecule has 42 heavy (non-hydrogen) atoms. The molecule has 8 nitrogen and oxygen atoms in total. The number of rotatable bonds is 5. The van der Waals surface area contributed by atoms with Gasteiger partial charge in [0, 0.05) is 61.9 Å². The first-order chi connectivity index (χ1) is 19.1. The Morgan fingerprint density at radius 1 is 0.976 bits per heavy atom. The Morgan fingerprint density at radius 3 is 2.29 bits per heavy atom. The lowest BCUT2D eigenvalue weighted by molar-refractivity contribution is -0.128. The SMILES string of the molecule is Cc1nc(-c2ccccc2)sc1C(=O)N1CCC(F)(F)/C(=C\C(=O)N2CCN(CC(N)=O)CC2)c2ccccc21.Cl.Cl. The Balaban J connectivity index is 0.00000242. The average molecular weight is 639 g/mol. The zero-order chi connectivity index (χ0) is 28.4. The van der Waals surface area contributed by atoms with Gasteiger partial charge in [-0.3, -0.25) is 19.3 Å². The van der Waals surface area contributed by atoms with Crippen molar-refractivity contribution in [1.29, 1.82) is 0 Å². The van der Waals surface area contributed by atoms with Crippen molar-refractivity contribution in [2.75, 3.05) is 44.2 Å². The Bertz CT molecular complexity index is 1480. The summed E-state index contributed by atoms with van der Waals surface area (Å²) in [7, 11) is 0. The average Bonchev–Trinajstić information content (AvgIpc) is 3.29. The molecule has 2 N–H and O–H groups in total. The normalized spacial score (nSPS) is 17.5. The van der Waals surface area contributed by atoms with E-state index in [1.54, 1.807) is 25.1 Å². The van der Waals surface area contributed by atoms with Crippen LogP contribution in [0.15, 0.2) is 60.7 Å². The molecule has 224 valence electrons. The molecule has 0 aliphatic carbocycles. The van der Waals surface area contributed by atoms with Gasteiger partial charge in [-0.05, 0) is 13.0 Å². The van der Waals surface area contributed by atoms with Gasteiger partial charge in [0.2, 0.25) is 11.8 Å². The van der Waals surface area contributed by atoms with E-state index in [1.807, 2.05) is 35.2 Å². The summed E-state index contributed by atoms with van der Waals surface area (Å²) >= 11 is 1.23. The van der Waals surface area contributed by atoms with Crippen LogP contribution in [0.25, 0.3) is 16.1 Å². The van der Waals surface area contributed by atoms with Crippen molar-refractivity contribution in [3.63, 3.8) is 0 Å². The third kappa shape index (κ3) is 6.97. The first kappa shape index (κ1) is 33.1. The van der Waals surface area contributed by atoms with E-state index >= 15 is 8.78 Å². The number of hydrogen-bond donors (Lipinski definition) is 1. The fourth-order valence-corrected chi connectivity index (χ4v) is 6.04. The highest BCUT2D eigenvalue weighted by molar-refractivity contribution is 7.17. The van der Waals surface area contributed by atoms with Crippen LogP contribution in [0.5, 0.6) is 0 Å². The number of allylic oxidation sites excluding steroid dienone is 1. The minimum atomic E-state index is -3.34. The minimum absolute atomic E-state index is 0. The van der Waals surface area contributed by atoms with Crippen molar-refractivity contribution in [2.24, 2.45) is 5.73 Å². The predicted octanol–water partition coefficient (Wildman–Crippen LogP) is 4.66. The lowest BCUT2D eigenvalue weighted by Crippen LogP contribution is -2.50. The summed E-state index contributed by atoms with van der Waals surface area (Å²) in [6.45, 7) is 3.03. The van der Waals surface area contributed by atoms with E-state index in [4.69, 9.17) is 5.73 Å². The standard InChI is InChI=1S/C29H29F2N5O3S.2ClH/c1-19-26(40-27(33-19)20-7-3-2-4-8-20)28(39)36-12-11-29(30,31)22(21-9-5-6-10-23(21)36)17-25(38)35-15-13-34(14-16-35)18-24(32)37;;/h2-10,17H,11-16,18H2,1H3,(H2,32,37);2*1H/b22-17-;;. The Labute approximate surface area is 259 Å². The fourth-order valence-electron chi connectivity index (χ4n) is 5.02. The van der Waals surface area contributed by atoms with Crippen molar-refractivity contribution in [1.82, 2.24) is 14.8 Å². The number of nitrogens with zero attached hydrogens (tertiary/aromatic N) is 4. The number of aromatic nitrogens is 1. The largest absolute Gasteiger partial charge is 0.369 e. The van der Waals surface area contributed by atoms with Gasteiger partial charge in [-0.15, -0.1) is 36.2 Å². The molecular formula is C29H31Cl2F2N5O3S. The third-order valence-electron chi connectivity index (χ3n) is 7.12. The molecule has 0 spiro atoms. The van der Waals surface area contributed by atoms with Crippen LogP contribution >= 0.6 is 36.2 Å². The molecule has 0 bridgehead atoms. The highest BCUT2D eigenvalue weighted by Gasteiger charge is 2.42. The molecule has 0 atom stereocenters. The van der Waals surface area contributed by atoms with E-state index in [9.17, 15) is 14.4 Å². The van der Waals surface area contributed by atoms with Crippen LogP contribution in [0.2, 0.25) is 0 Å². The van der Waals surface area contributed by atoms with Gasteiger partial charge in [0.25, 0.3) is 11.8 Å². The summed E-state index contributed by atoms with van der Waals surface area (Å²) in [5.41, 5.74) is 6.71. The van der Waals surface area contributed by atoms with Gasteiger partial charge in [-0.1, -0.05) is 48.5 Å². The number of aryl methyl sites for hydroxylation is 1. The number of nitrogens with two attached hydrogens (primary N) is 1. The molecule has 1 fully saturated rings. The molecule has 3 aromatic rings. The van der Waals surface area contributed by atoms with Crippen molar-refractivity contribution >= 4 is 65.1 Å². The van der Waals surface area contributed by atoms with E-state index in [0.717, 1.165) is 11.6 Å². The Morgan fingerprint density at radius 2 is 1.62 bits per heavy atom. The van der Waals surface area contributed by atoms with Crippen molar-refractivity contribution in [3.05, 3.63) is 76.8 Å². The highest BCUT2D eigenvalue weighted by Crippen LogP contribution is 2.44. The second kappa shape index (κ2) is 13.7. The number of para-hydroxylation sites is 1. The molecule has 2 aliphatic rings. The van der Waals surface area contributed by atoms with Gasteiger partial charge < -0.3 is 15.5 Å². The topological polar surface area (TPSA) is 99.8 Å². The van der Waals surface area contributed by atoms with Gasteiger partial charge in [0.15, 0.2) is 0 Å². The predicted molar refractivity (Wildman–Crippen MR) is 165 cm³/mol. The van der Waals surface area contributed by atoms with Crippen LogP contribution in [-0.4, -0.2) is 77.7 Å². The van der Waals surface area contributed by atoms with Crippen LogP contribution in [0.3, 0.4) is 0 Å². The van der Waals surface area contributed by atoms with Crippen LogP contribution in [0, 0.1) is 6.92 Å². The number of fused-ring (bicyclic) bond motifs is 1. The lowest BCUT2D eigenvalue weighted by atomic mass is 9.96. The first-order valence-electron chi connectivity index (χ1n) is 13.0. The smallest absolute Gasteiger partial charge is 0.275 e. The number of hydrogen-bond acceptors (Lipinski definition) is 6. The lowest BCUT2D eigenvalue weighted by Gasteiger charge is -2.33. The molecule has 1 aromatic heterocycles. The summed E-state index contributed by atoms with van der Waals surface area (Å²) in [5.74, 6) is -4.74. The maximum atomic E-state index is 15.6. The monoisotopic (exact) mass is 637 g/mol. The van der Waals surface area contributed by atoms with Crippen LogP contribution in [-0.2, 0) is 9.59 Å². The van der Waals surface area contributed by atoms with Crippen molar-refractivity contribution in [2.45, 2.75) is 19.3 Å². The van der Waals surface area contributed by atoms with E-state index in [1.165, 1.54) is 27.2 Å². The summed E-state index contributed by atoms with van der Waals surface area (Å²) in [5, 5.41) is 0.678. The van der Waals surface area contributed by atoms with Gasteiger partial charge in [0.05, 0.1) is 17.9 Å². The molecule has 1 saturated heterocycles. The number of carbonyl (C=O) groups excluding carboxylic acids is 3. The number of halogens is 4. The van der Waals surface area contributed by atoms with Crippen LogP contribution in [0.1, 0.15) is 27.3 Å². The third-order valence-corrected chi connectivity index (χ3v) is 8.31. The van der Waals surface area contributed by atoms with Crippen LogP contribution in [0.4, 0.5) is 14.5 Å². The van der Waals surface area contributed by atoms with E-state index in [2.05, 4.69) is 4.98 Å². The second-order valence-electron chi connectivity index (χ2n) is 9.85. The zero-order valence-corrected chi connectivity index (χ0v) is 25.2. The van der Waals surface area contributed by atoms with Gasteiger partial charge >= 0.3 is 0 Å². The number of benzene rings is 2. The first-order valence-corrected chi connectivity index (χ1v) is 13.8. The maximum absolute atomic E-state index is 15.6. The number of carbonyl (C=O) groups is 3. The van der Waals surface area contributed by atoms with Gasteiger partial charge in [-0.25, -0.2) is 13.8 Å². The summed E-state index contributed by atoms with van der Waals surface area (Å²) < 4.78 is 31.3. The summed E-state index contributed by atoms with van der Waals surface area (Å²) in [6.07, 6.45) is 0.365. The minimum Gasteiger partial charge on any atom is -0.369 e. The van der Waals surface area contributed by atoms with Crippen molar-refractivity contribution in [3.8, 4) is 10.6 Å². The number of primary amides is 1. The number of alkyl halides is 2. The van der Waals surface area contributed by atoms with Crippen molar-refractivity contribution < 1.29 is 23.2 Å². The van der Waals surface area contributed by atoms with E-state index in [0.29, 0.717) is 47.4 Å². The highest BCUT2D eigenvalue weighted by atomic mass is 35.5.